The van der Waals surface area contributed by atoms with Crippen molar-refractivity contribution >= 4 is 5.91 Å². The lowest BCUT2D eigenvalue weighted by atomic mass is 10.1. The van der Waals surface area contributed by atoms with Gasteiger partial charge in [0.25, 0.3) is 0 Å². The van der Waals surface area contributed by atoms with E-state index in [0.717, 1.165) is 19.4 Å². The summed E-state index contributed by atoms with van der Waals surface area (Å²) in [6, 6.07) is 10.2. The highest BCUT2D eigenvalue weighted by atomic mass is 16.2. The maximum atomic E-state index is 12.4. The Hall–Kier alpha value is -1.35. The van der Waals surface area contributed by atoms with Crippen LogP contribution in [0.1, 0.15) is 45.3 Å². The van der Waals surface area contributed by atoms with Gasteiger partial charge in [0.05, 0.1) is 6.04 Å². The van der Waals surface area contributed by atoms with Gasteiger partial charge in [-0.15, -0.1) is 0 Å². The highest BCUT2D eigenvalue weighted by Crippen LogP contribution is 2.27. The quantitative estimate of drug-likeness (QED) is 0.883. The summed E-state index contributed by atoms with van der Waals surface area (Å²) in [4.78, 5) is 14.4. The van der Waals surface area contributed by atoms with E-state index in [-0.39, 0.29) is 18.1 Å². The van der Waals surface area contributed by atoms with Crippen LogP contribution in [0.5, 0.6) is 0 Å². The minimum Gasteiger partial charge on any atom is -0.322 e. The minimum atomic E-state index is -0.0302. The van der Waals surface area contributed by atoms with Crippen LogP contribution < -0.4 is 5.32 Å². The molecule has 0 spiro atoms. The summed E-state index contributed by atoms with van der Waals surface area (Å²) in [5, 5.41) is 3.46. The normalized spacial score (nSPS) is 23.4. The minimum absolute atomic E-state index is 0.0302. The molecule has 1 aromatic carbocycles. The third-order valence-corrected chi connectivity index (χ3v) is 3.72. The molecule has 1 aromatic rings. The van der Waals surface area contributed by atoms with Gasteiger partial charge in [0.15, 0.2) is 0 Å². The van der Waals surface area contributed by atoms with Crippen LogP contribution in [0.3, 0.4) is 0 Å². The van der Waals surface area contributed by atoms with Gasteiger partial charge < -0.3 is 4.90 Å². The van der Waals surface area contributed by atoms with E-state index in [2.05, 4.69) is 38.2 Å². The topological polar surface area (TPSA) is 32.3 Å². The molecule has 0 aromatic heterocycles. The number of rotatable bonds is 5. The molecule has 2 unspecified atom stereocenters. The number of carbonyl (C=O) groups excluding carboxylic acids is 1. The largest absolute Gasteiger partial charge is 0.322 e. The van der Waals surface area contributed by atoms with Gasteiger partial charge in [-0.1, -0.05) is 51.1 Å². The van der Waals surface area contributed by atoms with Gasteiger partial charge in [-0.3, -0.25) is 10.1 Å². The first-order chi connectivity index (χ1) is 9.13. The Morgan fingerprint density at radius 3 is 2.53 bits per heavy atom. The van der Waals surface area contributed by atoms with E-state index in [1.165, 1.54) is 5.56 Å². The molecule has 1 aliphatic heterocycles. The Kier molecular flexibility index (Phi) is 4.59. The van der Waals surface area contributed by atoms with Crippen molar-refractivity contribution in [2.75, 3.05) is 6.54 Å². The van der Waals surface area contributed by atoms with Gasteiger partial charge in [-0.2, -0.15) is 0 Å². The lowest BCUT2D eigenvalue weighted by Gasteiger charge is -2.25. The second-order valence-corrected chi connectivity index (χ2v) is 5.65. The van der Waals surface area contributed by atoms with Crippen molar-refractivity contribution in [3.63, 3.8) is 0 Å². The zero-order valence-corrected chi connectivity index (χ0v) is 12.1. The van der Waals surface area contributed by atoms with Gasteiger partial charge in [0.2, 0.25) is 5.91 Å². The predicted octanol–water partition coefficient (Wildman–Crippen LogP) is 2.94. The zero-order chi connectivity index (χ0) is 13.8. The molecule has 2 atom stereocenters. The van der Waals surface area contributed by atoms with Gasteiger partial charge in [0.1, 0.15) is 6.17 Å². The lowest BCUT2D eigenvalue weighted by Crippen LogP contribution is -2.32. The monoisotopic (exact) mass is 260 g/mol. The van der Waals surface area contributed by atoms with E-state index in [1.807, 2.05) is 23.1 Å². The van der Waals surface area contributed by atoms with Gasteiger partial charge in [-0.25, -0.2) is 0 Å². The van der Waals surface area contributed by atoms with Crippen molar-refractivity contribution in [2.24, 2.45) is 5.92 Å². The summed E-state index contributed by atoms with van der Waals surface area (Å²) in [7, 11) is 0. The van der Waals surface area contributed by atoms with Gasteiger partial charge in [-0.05, 0) is 24.3 Å². The second-order valence-electron chi connectivity index (χ2n) is 5.65. The Morgan fingerprint density at radius 1 is 1.26 bits per heavy atom. The number of carbonyl (C=O) groups is 1. The van der Waals surface area contributed by atoms with Crippen molar-refractivity contribution < 1.29 is 4.79 Å². The number of nitrogens with one attached hydrogen (secondary N) is 1. The van der Waals surface area contributed by atoms with E-state index in [9.17, 15) is 4.79 Å². The maximum Gasteiger partial charge on any atom is 0.241 e. The summed E-state index contributed by atoms with van der Waals surface area (Å²) in [5.41, 5.74) is 1.18. The Labute approximate surface area is 116 Å². The molecule has 3 heteroatoms. The van der Waals surface area contributed by atoms with E-state index < -0.39 is 0 Å². The van der Waals surface area contributed by atoms with E-state index >= 15 is 0 Å². The second kappa shape index (κ2) is 6.20. The molecule has 1 N–H and O–H groups in total. The molecule has 104 valence electrons. The number of nitrogens with zero attached hydrogens (tertiary/aromatic N) is 1. The average molecular weight is 260 g/mol. The van der Waals surface area contributed by atoms with E-state index in [4.69, 9.17) is 0 Å². The number of benzene rings is 1. The summed E-state index contributed by atoms with van der Waals surface area (Å²) in [6.45, 7) is 7.29. The fraction of sp³-hybridized carbons (Fsp3) is 0.562. The zero-order valence-electron chi connectivity index (χ0n) is 12.1. The van der Waals surface area contributed by atoms with Crippen LogP contribution in [-0.2, 0) is 4.79 Å². The summed E-state index contributed by atoms with van der Waals surface area (Å²) < 4.78 is 0. The van der Waals surface area contributed by atoms with Crippen LogP contribution in [0.2, 0.25) is 0 Å². The summed E-state index contributed by atoms with van der Waals surface area (Å²) in [5.74, 6) is 0.863. The van der Waals surface area contributed by atoms with Gasteiger partial charge >= 0.3 is 0 Å². The Balaban J connectivity index is 2.17. The molecule has 1 heterocycles. The van der Waals surface area contributed by atoms with Crippen LogP contribution >= 0.6 is 0 Å². The first-order valence-electron chi connectivity index (χ1n) is 7.25. The summed E-state index contributed by atoms with van der Waals surface area (Å²) in [6.07, 6.45) is 1.94. The molecular formula is C16H24N2O. The molecule has 1 saturated heterocycles. The molecular weight excluding hydrogens is 236 g/mol. The van der Waals surface area contributed by atoms with Crippen molar-refractivity contribution in [3.05, 3.63) is 35.9 Å². The van der Waals surface area contributed by atoms with Crippen molar-refractivity contribution in [2.45, 2.75) is 45.8 Å². The molecule has 1 aliphatic rings. The summed E-state index contributed by atoms with van der Waals surface area (Å²) >= 11 is 0. The van der Waals surface area contributed by atoms with Gasteiger partial charge in [0, 0.05) is 6.54 Å². The third-order valence-electron chi connectivity index (χ3n) is 3.72. The van der Waals surface area contributed by atoms with Crippen molar-refractivity contribution in [3.8, 4) is 0 Å². The van der Waals surface area contributed by atoms with Crippen molar-refractivity contribution in [1.29, 1.82) is 0 Å². The lowest BCUT2D eigenvalue weighted by molar-refractivity contribution is -0.130. The maximum absolute atomic E-state index is 12.4. The van der Waals surface area contributed by atoms with Crippen LogP contribution in [0, 0.1) is 5.92 Å². The molecule has 3 nitrogen and oxygen atoms in total. The standard InChI is InChI=1S/C16H24N2O/c1-4-14-16(19)18(11-10-12(2)3)15(17-14)13-8-6-5-7-9-13/h5-9,12,14-15,17H,4,10-11H2,1-3H3. The predicted molar refractivity (Wildman–Crippen MR) is 77.6 cm³/mol. The Bertz CT molecular complexity index is 416. The van der Waals surface area contributed by atoms with Crippen molar-refractivity contribution in [1.82, 2.24) is 10.2 Å². The number of hydrogen-bond acceptors (Lipinski definition) is 2. The smallest absolute Gasteiger partial charge is 0.241 e. The fourth-order valence-corrected chi connectivity index (χ4v) is 2.52. The van der Waals surface area contributed by atoms with E-state index in [1.54, 1.807) is 0 Å². The molecule has 1 fully saturated rings. The fourth-order valence-electron chi connectivity index (χ4n) is 2.52. The van der Waals surface area contributed by atoms with Crippen LogP contribution in [0.25, 0.3) is 0 Å². The molecule has 1 amide bonds. The highest BCUT2D eigenvalue weighted by Gasteiger charge is 2.37. The van der Waals surface area contributed by atoms with Crippen LogP contribution in [0.15, 0.2) is 30.3 Å². The van der Waals surface area contributed by atoms with E-state index in [0.29, 0.717) is 5.92 Å². The Morgan fingerprint density at radius 2 is 1.95 bits per heavy atom. The van der Waals surface area contributed by atoms with Crippen LogP contribution in [-0.4, -0.2) is 23.4 Å². The molecule has 2 rings (SSSR count). The first kappa shape index (κ1) is 14.1. The first-order valence-corrected chi connectivity index (χ1v) is 7.25. The number of hydrogen-bond donors (Lipinski definition) is 1. The average Bonchev–Trinajstić information content (AvgIpc) is 2.74. The van der Waals surface area contributed by atoms with Crippen LogP contribution in [0.4, 0.5) is 0 Å². The molecule has 0 radical (unpaired) electrons. The molecule has 0 bridgehead atoms. The SMILES string of the molecule is CCC1NC(c2ccccc2)N(CCC(C)C)C1=O. The molecule has 0 aliphatic carbocycles. The molecule has 19 heavy (non-hydrogen) atoms. The molecule has 0 saturated carbocycles. The number of amides is 1. The third kappa shape index (κ3) is 3.16. The highest BCUT2D eigenvalue weighted by molar-refractivity contribution is 5.84.